The third-order valence-corrected chi connectivity index (χ3v) is 5.63. The number of rotatable bonds is 4. The monoisotopic (exact) mass is 437 g/mol. The van der Waals surface area contributed by atoms with E-state index in [-0.39, 0.29) is 18.0 Å². The van der Waals surface area contributed by atoms with Gasteiger partial charge in [0, 0.05) is 30.8 Å². The topological polar surface area (TPSA) is 94.3 Å². The van der Waals surface area contributed by atoms with Crippen LogP contribution in [0.5, 0.6) is 0 Å². The summed E-state index contributed by atoms with van der Waals surface area (Å²) in [5.41, 5.74) is 2.03. The molecular formula is C23H21ClFN5O. The highest BCUT2D eigenvalue weighted by molar-refractivity contribution is 6.35. The van der Waals surface area contributed by atoms with Gasteiger partial charge >= 0.3 is 0 Å². The minimum atomic E-state index is -1.42. The molecule has 3 aromatic rings. The van der Waals surface area contributed by atoms with Gasteiger partial charge in [0.05, 0.1) is 21.9 Å². The Morgan fingerprint density at radius 3 is 2.74 bits per heavy atom. The molecule has 31 heavy (non-hydrogen) atoms. The van der Waals surface area contributed by atoms with Gasteiger partial charge in [-0.05, 0) is 19.4 Å². The Morgan fingerprint density at radius 2 is 2.00 bits per heavy atom. The number of halogens is 2. The van der Waals surface area contributed by atoms with Crippen molar-refractivity contribution in [1.29, 1.82) is 5.41 Å². The van der Waals surface area contributed by atoms with E-state index in [2.05, 4.69) is 20.3 Å². The molecule has 0 bridgehead atoms. The maximum atomic E-state index is 15.0. The van der Waals surface area contributed by atoms with Gasteiger partial charge in [-0.3, -0.25) is 5.41 Å². The lowest BCUT2D eigenvalue weighted by atomic mass is 10.00. The van der Waals surface area contributed by atoms with Gasteiger partial charge in [0.2, 0.25) is 0 Å². The molecule has 0 spiro atoms. The molecule has 1 aromatic carbocycles. The quantitative estimate of drug-likeness (QED) is 0.539. The fourth-order valence-corrected chi connectivity index (χ4v) is 3.50. The highest BCUT2D eigenvalue weighted by Gasteiger charge is 2.28. The van der Waals surface area contributed by atoms with E-state index in [4.69, 9.17) is 17.0 Å². The molecule has 1 aliphatic rings. The fraction of sp³-hybridized carbons (Fsp3) is 0.217. The van der Waals surface area contributed by atoms with Crippen molar-refractivity contribution in [3.05, 3.63) is 70.3 Å². The number of aliphatic hydroxyl groups is 1. The van der Waals surface area contributed by atoms with E-state index in [1.165, 1.54) is 19.2 Å². The number of aromatic nitrogens is 2. The summed E-state index contributed by atoms with van der Waals surface area (Å²) >= 11 is 6.54. The molecule has 8 heteroatoms. The van der Waals surface area contributed by atoms with Crippen LogP contribution in [-0.4, -0.2) is 32.7 Å². The van der Waals surface area contributed by atoms with Gasteiger partial charge in [-0.15, -0.1) is 0 Å². The number of allylic oxidation sites excluding steroid dienone is 1. The summed E-state index contributed by atoms with van der Waals surface area (Å²) in [6.07, 6.45) is 3.09. The van der Waals surface area contributed by atoms with Crippen LogP contribution in [0.1, 0.15) is 30.3 Å². The Balaban J connectivity index is 1.81. The van der Waals surface area contributed by atoms with Crippen molar-refractivity contribution in [2.45, 2.75) is 32.4 Å². The largest absolute Gasteiger partial charge is 0.382 e. The van der Waals surface area contributed by atoms with Crippen molar-refractivity contribution < 1.29 is 9.50 Å². The minimum absolute atomic E-state index is 0.0613. The van der Waals surface area contributed by atoms with Gasteiger partial charge in [-0.2, -0.15) is 0 Å². The van der Waals surface area contributed by atoms with Crippen molar-refractivity contribution in [1.82, 2.24) is 9.97 Å². The Bertz CT molecular complexity index is 1240. The fourth-order valence-electron chi connectivity index (χ4n) is 3.30. The molecule has 1 unspecified atom stereocenters. The molecule has 4 rings (SSSR count). The van der Waals surface area contributed by atoms with Crippen LogP contribution in [0.4, 0.5) is 10.1 Å². The minimum Gasteiger partial charge on any atom is -0.382 e. The van der Waals surface area contributed by atoms with Gasteiger partial charge < -0.3 is 10.4 Å². The normalized spacial score (nSPS) is 18.7. The molecule has 0 saturated carbocycles. The summed E-state index contributed by atoms with van der Waals surface area (Å²) in [5, 5.41) is 21.9. The van der Waals surface area contributed by atoms with Crippen molar-refractivity contribution in [2.24, 2.45) is 4.99 Å². The van der Waals surface area contributed by atoms with Gasteiger partial charge in [0.25, 0.3) is 0 Å². The first-order valence-corrected chi connectivity index (χ1v) is 10.1. The number of benzene rings is 1. The van der Waals surface area contributed by atoms with Crippen LogP contribution >= 0.6 is 11.6 Å². The second kappa shape index (κ2) is 8.17. The molecule has 1 aliphatic heterocycles. The highest BCUT2D eigenvalue weighted by Crippen LogP contribution is 2.34. The average Bonchev–Trinajstić information content (AvgIpc) is 2.87. The molecular weight excluding hydrogens is 417 g/mol. The highest BCUT2D eigenvalue weighted by atomic mass is 35.5. The Morgan fingerprint density at radius 1 is 1.26 bits per heavy atom. The first-order valence-electron chi connectivity index (χ1n) is 9.76. The summed E-state index contributed by atoms with van der Waals surface area (Å²) in [7, 11) is 0. The number of fused-ring (bicyclic) bond motifs is 1. The van der Waals surface area contributed by atoms with E-state index in [0.717, 1.165) is 5.56 Å². The molecule has 3 heterocycles. The lowest BCUT2D eigenvalue weighted by Gasteiger charge is -2.17. The van der Waals surface area contributed by atoms with Crippen LogP contribution in [0.2, 0.25) is 5.02 Å². The van der Waals surface area contributed by atoms with Crippen LogP contribution in [0, 0.1) is 18.2 Å². The molecule has 3 N–H and O–H groups in total. The van der Waals surface area contributed by atoms with Crippen molar-refractivity contribution in [3.8, 4) is 0 Å². The molecule has 0 aliphatic carbocycles. The number of nitrogens with one attached hydrogen (secondary N) is 2. The molecule has 1 atom stereocenters. The standard InChI is InChI=1S/C23H21ClFN5O/c1-13-18(24)21(27-11-14-6-4-3-5-7-14)20-17(29-13)10-16(25)19(30-20)15-8-9-23(2,31)22(26)28-12-15/h3-8,10,12,26,31H,9,11H2,1-2H3,(H,27,29). The van der Waals surface area contributed by atoms with E-state index in [9.17, 15) is 9.50 Å². The smallest absolute Gasteiger partial charge is 0.152 e. The summed E-state index contributed by atoms with van der Waals surface area (Å²) in [6, 6.07) is 11.1. The first kappa shape index (κ1) is 21.1. The van der Waals surface area contributed by atoms with Crippen molar-refractivity contribution in [2.75, 3.05) is 5.32 Å². The van der Waals surface area contributed by atoms with Gasteiger partial charge in [-0.1, -0.05) is 48.0 Å². The second-order valence-corrected chi connectivity index (χ2v) is 8.03. The number of hydrogen-bond donors (Lipinski definition) is 3. The van der Waals surface area contributed by atoms with Gasteiger partial charge in [0.15, 0.2) is 11.7 Å². The predicted octanol–water partition coefficient (Wildman–Crippen LogP) is 4.93. The molecule has 0 amide bonds. The number of hydrogen-bond acceptors (Lipinski definition) is 5. The van der Waals surface area contributed by atoms with E-state index in [1.54, 1.807) is 13.0 Å². The van der Waals surface area contributed by atoms with Gasteiger partial charge in [-0.25, -0.2) is 19.4 Å². The Labute approximate surface area is 184 Å². The zero-order valence-corrected chi connectivity index (χ0v) is 17.8. The van der Waals surface area contributed by atoms with E-state index in [1.807, 2.05) is 30.3 Å². The number of anilines is 1. The molecule has 0 radical (unpaired) electrons. The number of aliphatic imine (C=N–C) groups is 1. The predicted molar refractivity (Wildman–Crippen MR) is 122 cm³/mol. The van der Waals surface area contributed by atoms with Crippen molar-refractivity contribution >= 4 is 45.9 Å². The summed E-state index contributed by atoms with van der Waals surface area (Å²) < 4.78 is 15.0. The SMILES string of the molecule is Cc1nc2cc(F)c(C3=CCC(C)(O)C(=N)N=C3)nc2c(NCc2ccccc2)c1Cl. The van der Waals surface area contributed by atoms with E-state index >= 15 is 0 Å². The molecule has 0 saturated heterocycles. The van der Waals surface area contributed by atoms with Crippen LogP contribution in [0.25, 0.3) is 16.6 Å². The Hall–Kier alpha value is -3.16. The van der Waals surface area contributed by atoms with E-state index < -0.39 is 11.4 Å². The number of pyridine rings is 2. The maximum Gasteiger partial charge on any atom is 0.152 e. The molecule has 0 fully saturated rings. The number of nitrogens with zero attached hydrogens (tertiary/aromatic N) is 3. The summed E-state index contributed by atoms with van der Waals surface area (Å²) in [6.45, 7) is 3.77. The van der Waals surface area contributed by atoms with Crippen LogP contribution in [-0.2, 0) is 6.54 Å². The summed E-state index contributed by atoms with van der Waals surface area (Å²) in [5.74, 6) is -0.757. The zero-order valence-electron chi connectivity index (χ0n) is 17.1. The third kappa shape index (κ3) is 4.19. The average molecular weight is 438 g/mol. The lowest BCUT2D eigenvalue weighted by molar-refractivity contribution is 0.134. The zero-order chi connectivity index (χ0) is 22.2. The van der Waals surface area contributed by atoms with Crippen LogP contribution in [0.3, 0.4) is 0 Å². The van der Waals surface area contributed by atoms with Crippen molar-refractivity contribution in [3.63, 3.8) is 0 Å². The van der Waals surface area contributed by atoms with Crippen LogP contribution < -0.4 is 5.32 Å². The number of aryl methyl sites for hydroxylation is 1. The van der Waals surface area contributed by atoms with Crippen LogP contribution in [0.15, 0.2) is 47.5 Å². The second-order valence-electron chi connectivity index (χ2n) is 7.66. The number of amidine groups is 1. The van der Waals surface area contributed by atoms with E-state index in [0.29, 0.717) is 39.6 Å². The molecule has 2 aromatic heterocycles. The third-order valence-electron chi connectivity index (χ3n) is 5.17. The van der Waals surface area contributed by atoms with Gasteiger partial charge in [0.1, 0.15) is 16.8 Å². The molecule has 158 valence electrons. The maximum absolute atomic E-state index is 15.0. The Kier molecular flexibility index (Phi) is 5.56. The molecule has 6 nitrogen and oxygen atoms in total. The lowest BCUT2D eigenvalue weighted by Crippen LogP contribution is -2.31. The summed E-state index contributed by atoms with van der Waals surface area (Å²) in [4.78, 5) is 12.9. The first-order chi connectivity index (χ1) is 14.8.